The average Bonchev–Trinajstić information content (AvgIpc) is 2.48. The molecule has 2 N–H and O–H groups in total. The van der Waals surface area contributed by atoms with Crippen molar-refractivity contribution >= 4 is 30.7 Å². The van der Waals surface area contributed by atoms with E-state index in [9.17, 15) is 4.79 Å². The zero-order valence-corrected chi connectivity index (χ0v) is 15.7. The van der Waals surface area contributed by atoms with Crippen LogP contribution in [0.1, 0.15) is 52.4 Å². The van der Waals surface area contributed by atoms with E-state index in [0.29, 0.717) is 24.9 Å². The molecular formula is C16H33Cl2N3O. The predicted octanol–water partition coefficient (Wildman–Crippen LogP) is 2.68. The summed E-state index contributed by atoms with van der Waals surface area (Å²) >= 11 is 0. The first kappa shape index (κ1) is 22.0. The smallest absolute Gasteiger partial charge is 0.223 e. The third-order valence-corrected chi connectivity index (χ3v) is 5.27. The number of amides is 1. The molecule has 1 saturated heterocycles. The van der Waals surface area contributed by atoms with Crippen LogP contribution >= 0.6 is 24.8 Å². The maximum atomic E-state index is 12.6. The van der Waals surface area contributed by atoms with Crippen molar-refractivity contribution in [3.05, 3.63) is 0 Å². The number of hydrogen-bond acceptors (Lipinski definition) is 3. The van der Waals surface area contributed by atoms with Gasteiger partial charge >= 0.3 is 0 Å². The van der Waals surface area contributed by atoms with E-state index >= 15 is 0 Å². The van der Waals surface area contributed by atoms with Gasteiger partial charge in [0.1, 0.15) is 0 Å². The van der Waals surface area contributed by atoms with Gasteiger partial charge in [0, 0.05) is 38.6 Å². The molecule has 0 bridgehead atoms. The van der Waals surface area contributed by atoms with E-state index in [1.165, 1.54) is 19.3 Å². The van der Waals surface area contributed by atoms with Gasteiger partial charge in [0.2, 0.25) is 5.91 Å². The summed E-state index contributed by atoms with van der Waals surface area (Å²) in [6, 6.07) is 0.584. The van der Waals surface area contributed by atoms with Gasteiger partial charge in [-0.15, -0.1) is 24.8 Å². The summed E-state index contributed by atoms with van der Waals surface area (Å²) in [7, 11) is 0. The standard InChI is InChI=1S/C16H31N3O.2ClH/c1-14(2)18-8-10-19(11-9-18)15(20)12-16(13-17)6-4-3-5-7-16;;/h14H,3-13,17H2,1-2H3;2*1H. The molecule has 0 atom stereocenters. The normalized spacial score (nSPS) is 21.9. The number of nitrogens with two attached hydrogens (primary N) is 1. The fourth-order valence-electron chi connectivity index (χ4n) is 3.68. The summed E-state index contributed by atoms with van der Waals surface area (Å²) in [6.07, 6.45) is 6.74. The highest BCUT2D eigenvalue weighted by Gasteiger charge is 2.35. The number of hydrogen-bond donors (Lipinski definition) is 1. The highest BCUT2D eigenvalue weighted by Crippen LogP contribution is 2.38. The van der Waals surface area contributed by atoms with Crippen LogP contribution < -0.4 is 5.73 Å². The number of nitrogens with zero attached hydrogens (tertiary/aromatic N) is 2. The molecule has 1 heterocycles. The SMILES string of the molecule is CC(C)N1CCN(C(=O)CC2(CN)CCCCC2)CC1.Cl.Cl. The third kappa shape index (κ3) is 5.55. The van der Waals surface area contributed by atoms with Gasteiger partial charge in [-0.1, -0.05) is 19.3 Å². The Labute approximate surface area is 148 Å². The molecule has 132 valence electrons. The Hall–Kier alpha value is -0.0300. The molecule has 2 fully saturated rings. The van der Waals surface area contributed by atoms with Crippen molar-refractivity contribution in [2.75, 3.05) is 32.7 Å². The molecule has 1 amide bonds. The maximum absolute atomic E-state index is 12.6. The minimum Gasteiger partial charge on any atom is -0.340 e. The number of carbonyl (C=O) groups is 1. The van der Waals surface area contributed by atoms with E-state index in [4.69, 9.17) is 5.73 Å². The minimum atomic E-state index is 0. The molecule has 1 aliphatic heterocycles. The van der Waals surface area contributed by atoms with Gasteiger partial charge in [0.05, 0.1) is 0 Å². The van der Waals surface area contributed by atoms with Crippen molar-refractivity contribution in [2.45, 2.75) is 58.4 Å². The van der Waals surface area contributed by atoms with Gasteiger partial charge in [-0.3, -0.25) is 9.69 Å². The predicted molar refractivity (Wildman–Crippen MR) is 97.0 cm³/mol. The zero-order valence-electron chi connectivity index (χ0n) is 14.1. The fraction of sp³-hybridized carbons (Fsp3) is 0.938. The molecule has 0 unspecified atom stereocenters. The molecule has 0 spiro atoms. The van der Waals surface area contributed by atoms with Crippen molar-refractivity contribution < 1.29 is 4.79 Å². The summed E-state index contributed by atoms with van der Waals surface area (Å²) in [5.74, 6) is 0.334. The Morgan fingerprint density at radius 3 is 2.05 bits per heavy atom. The molecule has 6 heteroatoms. The van der Waals surface area contributed by atoms with E-state index in [1.54, 1.807) is 0 Å². The van der Waals surface area contributed by atoms with Gasteiger partial charge in [-0.05, 0) is 38.6 Å². The molecule has 0 radical (unpaired) electrons. The van der Waals surface area contributed by atoms with Gasteiger partial charge in [0.15, 0.2) is 0 Å². The second-order valence-electron chi connectivity index (χ2n) is 6.95. The zero-order chi connectivity index (χ0) is 14.6. The van der Waals surface area contributed by atoms with Gasteiger partial charge in [-0.25, -0.2) is 0 Å². The third-order valence-electron chi connectivity index (χ3n) is 5.27. The molecule has 0 aromatic heterocycles. The second kappa shape index (κ2) is 9.96. The number of piperazine rings is 1. The van der Waals surface area contributed by atoms with E-state index in [1.807, 2.05) is 0 Å². The van der Waals surface area contributed by atoms with Crippen LogP contribution in [-0.2, 0) is 4.79 Å². The molecule has 22 heavy (non-hydrogen) atoms. The van der Waals surface area contributed by atoms with Gasteiger partial charge in [-0.2, -0.15) is 0 Å². The minimum absolute atomic E-state index is 0. The van der Waals surface area contributed by atoms with E-state index in [-0.39, 0.29) is 30.2 Å². The van der Waals surface area contributed by atoms with Crippen LogP contribution in [0, 0.1) is 5.41 Å². The largest absolute Gasteiger partial charge is 0.340 e. The van der Waals surface area contributed by atoms with Crippen LogP contribution in [0.5, 0.6) is 0 Å². The van der Waals surface area contributed by atoms with E-state index in [2.05, 4.69) is 23.6 Å². The number of rotatable bonds is 4. The Balaban J connectivity index is 0.00000220. The average molecular weight is 354 g/mol. The van der Waals surface area contributed by atoms with Crippen LogP contribution in [0.3, 0.4) is 0 Å². The molecule has 1 saturated carbocycles. The number of halogens is 2. The van der Waals surface area contributed by atoms with Crippen molar-refractivity contribution in [3.63, 3.8) is 0 Å². The molecule has 1 aliphatic carbocycles. The first-order valence-electron chi connectivity index (χ1n) is 8.28. The molecule has 2 aliphatic rings. The monoisotopic (exact) mass is 353 g/mol. The van der Waals surface area contributed by atoms with Crippen LogP contribution in [0.4, 0.5) is 0 Å². The molecule has 0 aromatic rings. The van der Waals surface area contributed by atoms with E-state index < -0.39 is 0 Å². The maximum Gasteiger partial charge on any atom is 0.223 e. The Morgan fingerprint density at radius 2 is 1.59 bits per heavy atom. The molecular weight excluding hydrogens is 321 g/mol. The van der Waals surface area contributed by atoms with Gasteiger partial charge < -0.3 is 10.6 Å². The fourth-order valence-corrected chi connectivity index (χ4v) is 3.68. The van der Waals surface area contributed by atoms with Crippen molar-refractivity contribution in [3.8, 4) is 0 Å². The molecule has 0 aromatic carbocycles. The summed E-state index contributed by atoms with van der Waals surface area (Å²) < 4.78 is 0. The highest BCUT2D eigenvalue weighted by molar-refractivity contribution is 5.85. The second-order valence-corrected chi connectivity index (χ2v) is 6.95. The quantitative estimate of drug-likeness (QED) is 0.845. The van der Waals surface area contributed by atoms with Crippen molar-refractivity contribution in [1.29, 1.82) is 0 Å². The topological polar surface area (TPSA) is 49.6 Å². The van der Waals surface area contributed by atoms with Crippen molar-refractivity contribution in [2.24, 2.45) is 11.1 Å². The summed E-state index contributed by atoms with van der Waals surface area (Å²) in [5.41, 5.74) is 6.10. The van der Waals surface area contributed by atoms with Crippen LogP contribution in [0.2, 0.25) is 0 Å². The first-order chi connectivity index (χ1) is 9.56. The van der Waals surface area contributed by atoms with Crippen molar-refractivity contribution in [1.82, 2.24) is 9.80 Å². The highest BCUT2D eigenvalue weighted by atomic mass is 35.5. The lowest BCUT2D eigenvalue weighted by atomic mass is 9.71. The molecule has 2 rings (SSSR count). The van der Waals surface area contributed by atoms with Crippen LogP contribution in [0.25, 0.3) is 0 Å². The lowest BCUT2D eigenvalue weighted by molar-refractivity contribution is -0.136. The Morgan fingerprint density at radius 1 is 1.05 bits per heavy atom. The van der Waals surface area contributed by atoms with E-state index in [0.717, 1.165) is 39.0 Å². The van der Waals surface area contributed by atoms with Crippen LogP contribution in [-0.4, -0.2) is 54.5 Å². The first-order valence-corrected chi connectivity index (χ1v) is 8.28. The summed E-state index contributed by atoms with van der Waals surface area (Å²) in [6.45, 7) is 8.92. The summed E-state index contributed by atoms with van der Waals surface area (Å²) in [5, 5.41) is 0. The lowest BCUT2D eigenvalue weighted by Crippen LogP contribution is -2.52. The number of carbonyl (C=O) groups excluding carboxylic acids is 1. The van der Waals surface area contributed by atoms with Gasteiger partial charge in [0.25, 0.3) is 0 Å². The lowest BCUT2D eigenvalue weighted by Gasteiger charge is -2.40. The summed E-state index contributed by atoms with van der Waals surface area (Å²) in [4.78, 5) is 17.1. The Bertz CT molecular complexity index is 325. The Kier molecular flexibility index (Phi) is 9.95. The van der Waals surface area contributed by atoms with Crippen LogP contribution in [0.15, 0.2) is 0 Å². The molecule has 4 nitrogen and oxygen atoms in total.